The number of rotatable bonds is 5. The van der Waals surface area contributed by atoms with Crippen molar-refractivity contribution in [3.63, 3.8) is 0 Å². The highest BCUT2D eigenvalue weighted by atomic mass is 16.5. The first-order valence-corrected chi connectivity index (χ1v) is 6.40. The average molecular weight is 289 g/mol. The molecule has 0 saturated carbocycles. The van der Waals surface area contributed by atoms with Crippen molar-refractivity contribution in [2.45, 2.75) is 13.8 Å². The molecule has 7 heteroatoms. The van der Waals surface area contributed by atoms with Crippen molar-refractivity contribution in [1.29, 1.82) is 0 Å². The monoisotopic (exact) mass is 289 g/mol. The van der Waals surface area contributed by atoms with Crippen molar-refractivity contribution in [2.24, 2.45) is 5.84 Å². The summed E-state index contributed by atoms with van der Waals surface area (Å²) in [4.78, 5) is 8.62. The average Bonchev–Trinajstić information content (AvgIpc) is 2.50. The van der Waals surface area contributed by atoms with Crippen LogP contribution in [0.3, 0.4) is 0 Å². The van der Waals surface area contributed by atoms with Gasteiger partial charge in [-0.25, -0.2) is 15.8 Å². The molecule has 0 bridgehead atoms. The van der Waals surface area contributed by atoms with Gasteiger partial charge in [0.15, 0.2) is 0 Å². The fourth-order valence-electron chi connectivity index (χ4n) is 1.92. The number of hydrazine groups is 1. The molecule has 112 valence electrons. The molecular formula is C14H19N5O2. The molecule has 1 aromatic carbocycles. The van der Waals surface area contributed by atoms with Crippen LogP contribution in [0.5, 0.6) is 11.5 Å². The molecule has 1 aromatic heterocycles. The summed E-state index contributed by atoms with van der Waals surface area (Å²) in [6.45, 7) is 3.68. The Hall–Kier alpha value is -2.54. The van der Waals surface area contributed by atoms with Crippen molar-refractivity contribution in [3.05, 3.63) is 29.6 Å². The van der Waals surface area contributed by atoms with Gasteiger partial charge in [-0.3, -0.25) is 0 Å². The van der Waals surface area contributed by atoms with Gasteiger partial charge in [-0.15, -0.1) is 0 Å². The Morgan fingerprint density at radius 3 is 2.38 bits per heavy atom. The van der Waals surface area contributed by atoms with Crippen LogP contribution in [-0.2, 0) is 0 Å². The Morgan fingerprint density at radius 2 is 1.76 bits per heavy atom. The number of nitrogens with zero attached hydrogens (tertiary/aromatic N) is 2. The zero-order valence-corrected chi connectivity index (χ0v) is 12.5. The van der Waals surface area contributed by atoms with E-state index in [0.717, 1.165) is 17.0 Å². The molecule has 0 saturated heterocycles. The zero-order chi connectivity index (χ0) is 15.4. The normalized spacial score (nSPS) is 10.1. The second-order valence-electron chi connectivity index (χ2n) is 4.43. The van der Waals surface area contributed by atoms with Crippen LogP contribution in [0.1, 0.15) is 11.4 Å². The third kappa shape index (κ3) is 3.14. The van der Waals surface area contributed by atoms with Gasteiger partial charge in [0.2, 0.25) is 0 Å². The Balaban J connectivity index is 2.40. The van der Waals surface area contributed by atoms with Crippen LogP contribution in [0.25, 0.3) is 0 Å². The minimum absolute atomic E-state index is 0.581. The summed E-state index contributed by atoms with van der Waals surface area (Å²) >= 11 is 0. The summed E-state index contributed by atoms with van der Waals surface area (Å²) < 4.78 is 10.5. The number of methoxy groups -OCH3 is 2. The highest BCUT2D eigenvalue weighted by molar-refractivity contribution is 5.69. The summed E-state index contributed by atoms with van der Waals surface area (Å²) in [7, 11) is 3.21. The van der Waals surface area contributed by atoms with Gasteiger partial charge in [-0.05, 0) is 26.0 Å². The summed E-state index contributed by atoms with van der Waals surface area (Å²) in [6.07, 6.45) is 0. The van der Waals surface area contributed by atoms with Crippen molar-refractivity contribution >= 4 is 17.3 Å². The molecule has 21 heavy (non-hydrogen) atoms. The third-order valence-corrected chi connectivity index (χ3v) is 3.06. The Morgan fingerprint density at radius 1 is 1.05 bits per heavy atom. The van der Waals surface area contributed by atoms with Crippen molar-refractivity contribution in [2.75, 3.05) is 25.0 Å². The molecular weight excluding hydrogens is 270 g/mol. The standard InChI is InChI=1S/C14H19N5O2/c1-8-13(16-9(2)17-14(8)19-15)18-11-6-5-10(20-3)7-12(11)21-4/h5-7H,15H2,1-4H3,(H2,16,17,18,19). The lowest BCUT2D eigenvalue weighted by Gasteiger charge is -2.15. The van der Waals surface area contributed by atoms with E-state index < -0.39 is 0 Å². The molecule has 0 aliphatic heterocycles. The summed E-state index contributed by atoms with van der Waals surface area (Å²) in [5.41, 5.74) is 4.17. The first-order valence-electron chi connectivity index (χ1n) is 6.40. The Kier molecular flexibility index (Phi) is 4.44. The van der Waals surface area contributed by atoms with Crippen molar-refractivity contribution in [1.82, 2.24) is 9.97 Å². The molecule has 0 amide bonds. The fourth-order valence-corrected chi connectivity index (χ4v) is 1.92. The first-order chi connectivity index (χ1) is 10.1. The minimum atomic E-state index is 0.581. The number of nitrogens with two attached hydrogens (primary N) is 1. The number of nitrogens with one attached hydrogen (secondary N) is 2. The van der Waals surface area contributed by atoms with E-state index in [1.54, 1.807) is 27.2 Å². The summed E-state index contributed by atoms with van der Waals surface area (Å²) in [6, 6.07) is 5.51. The van der Waals surface area contributed by atoms with E-state index in [1.807, 2.05) is 19.1 Å². The number of ether oxygens (including phenoxy) is 2. The maximum absolute atomic E-state index is 5.47. The van der Waals surface area contributed by atoms with Gasteiger partial charge in [0.25, 0.3) is 0 Å². The van der Waals surface area contributed by atoms with Gasteiger partial charge in [0.1, 0.15) is 29.0 Å². The second-order valence-corrected chi connectivity index (χ2v) is 4.43. The highest BCUT2D eigenvalue weighted by Gasteiger charge is 2.11. The quantitative estimate of drug-likeness (QED) is 0.573. The van der Waals surface area contributed by atoms with Crippen LogP contribution in [-0.4, -0.2) is 24.2 Å². The van der Waals surface area contributed by atoms with Crippen molar-refractivity contribution < 1.29 is 9.47 Å². The number of hydrogen-bond donors (Lipinski definition) is 3. The topological polar surface area (TPSA) is 94.3 Å². The molecule has 1 heterocycles. The van der Waals surface area contributed by atoms with Crippen LogP contribution in [0.4, 0.5) is 17.3 Å². The first kappa shape index (κ1) is 14.9. The lowest BCUT2D eigenvalue weighted by Crippen LogP contribution is -2.13. The number of benzene rings is 1. The van der Waals surface area contributed by atoms with Crippen LogP contribution in [0.15, 0.2) is 18.2 Å². The molecule has 4 N–H and O–H groups in total. The number of anilines is 3. The van der Waals surface area contributed by atoms with Gasteiger partial charge in [0, 0.05) is 11.6 Å². The van der Waals surface area contributed by atoms with Crippen LogP contribution >= 0.6 is 0 Å². The van der Waals surface area contributed by atoms with Gasteiger partial charge < -0.3 is 20.2 Å². The molecule has 2 aromatic rings. The second kappa shape index (κ2) is 6.27. The Bertz CT molecular complexity index is 646. The van der Waals surface area contributed by atoms with Gasteiger partial charge in [0.05, 0.1) is 19.9 Å². The molecule has 0 aliphatic rings. The molecule has 2 rings (SSSR count). The zero-order valence-electron chi connectivity index (χ0n) is 12.5. The molecule has 0 radical (unpaired) electrons. The fraction of sp³-hybridized carbons (Fsp3) is 0.286. The number of aryl methyl sites for hydroxylation is 1. The van der Waals surface area contributed by atoms with Crippen molar-refractivity contribution in [3.8, 4) is 11.5 Å². The van der Waals surface area contributed by atoms with E-state index >= 15 is 0 Å². The van der Waals surface area contributed by atoms with Gasteiger partial charge >= 0.3 is 0 Å². The maximum Gasteiger partial charge on any atom is 0.148 e. The number of aromatic nitrogens is 2. The predicted molar refractivity (Wildman–Crippen MR) is 82.1 cm³/mol. The van der Waals surface area contributed by atoms with E-state index in [9.17, 15) is 0 Å². The van der Waals surface area contributed by atoms with Gasteiger partial charge in [-0.1, -0.05) is 0 Å². The summed E-state index contributed by atoms with van der Waals surface area (Å²) in [5.74, 6) is 8.71. The van der Waals surface area contributed by atoms with E-state index in [2.05, 4.69) is 20.7 Å². The predicted octanol–water partition coefficient (Wildman–Crippen LogP) is 2.14. The number of hydrogen-bond acceptors (Lipinski definition) is 7. The smallest absolute Gasteiger partial charge is 0.148 e. The molecule has 7 nitrogen and oxygen atoms in total. The van der Waals surface area contributed by atoms with Crippen LogP contribution in [0.2, 0.25) is 0 Å². The third-order valence-electron chi connectivity index (χ3n) is 3.06. The van der Waals surface area contributed by atoms with Crippen LogP contribution in [0, 0.1) is 13.8 Å². The molecule has 0 aliphatic carbocycles. The van der Waals surface area contributed by atoms with Gasteiger partial charge in [-0.2, -0.15) is 0 Å². The molecule has 0 unspecified atom stereocenters. The molecule has 0 spiro atoms. The molecule has 0 atom stereocenters. The summed E-state index contributed by atoms with van der Waals surface area (Å²) in [5, 5.41) is 3.23. The van der Waals surface area contributed by atoms with E-state index in [-0.39, 0.29) is 0 Å². The molecule has 0 fully saturated rings. The maximum atomic E-state index is 5.47. The Labute approximate surface area is 123 Å². The van der Waals surface area contributed by atoms with E-state index in [0.29, 0.717) is 23.2 Å². The highest BCUT2D eigenvalue weighted by Crippen LogP contribution is 2.32. The lowest BCUT2D eigenvalue weighted by atomic mass is 10.2. The van der Waals surface area contributed by atoms with E-state index in [4.69, 9.17) is 15.3 Å². The largest absolute Gasteiger partial charge is 0.497 e. The minimum Gasteiger partial charge on any atom is -0.497 e. The van der Waals surface area contributed by atoms with Crippen LogP contribution < -0.4 is 26.1 Å². The van der Waals surface area contributed by atoms with E-state index in [1.165, 1.54) is 0 Å². The SMILES string of the molecule is COc1ccc(Nc2nc(C)nc(NN)c2C)c(OC)c1. The number of nitrogen functional groups attached to an aromatic ring is 1. The lowest BCUT2D eigenvalue weighted by molar-refractivity contribution is 0.395.